The van der Waals surface area contributed by atoms with Gasteiger partial charge in [0, 0.05) is 15.3 Å². The molecule has 0 unspecified atom stereocenters. The van der Waals surface area contributed by atoms with Crippen molar-refractivity contribution in [3.8, 4) is 5.75 Å². The van der Waals surface area contributed by atoms with Gasteiger partial charge in [-0.15, -0.1) is 11.3 Å². The molecule has 0 aliphatic heterocycles. The summed E-state index contributed by atoms with van der Waals surface area (Å²) in [6.45, 7) is 4.42. The molecular weight excluding hydrogens is 224 g/mol. The lowest BCUT2D eigenvalue weighted by atomic mass is 10.2. The number of phenolic OH excluding ortho intramolecular Hbond substituents is 1. The molecule has 1 nitrogen and oxygen atoms in total. The van der Waals surface area contributed by atoms with Crippen molar-refractivity contribution in [2.24, 2.45) is 0 Å². The predicted octanol–water partition coefficient (Wildman–Crippen LogP) is 4.25. The highest BCUT2D eigenvalue weighted by atomic mass is 32.2. The molecule has 1 aromatic carbocycles. The molecular formula is C12H14OS2. The third kappa shape index (κ3) is 2.67. The monoisotopic (exact) mass is 238 g/mol. The predicted molar refractivity (Wildman–Crippen MR) is 69.9 cm³/mol. The van der Waals surface area contributed by atoms with E-state index in [1.54, 1.807) is 17.4 Å². The molecule has 0 aliphatic carbocycles. The largest absolute Gasteiger partial charge is 0.508 e. The van der Waals surface area contributed by atoms with E-state index >= 15 is 0 Å². The number of fused-ring (bicyclic) bond motifs is 1. The van der Waals surface area contributed by atoms with Crippen LogP contribution in [-0.4, -0.2) is 10.4 Å². The fraction of sp³-hybridized carbons (Fsp3) is 0.333. The smallest absolute Gasteiger partial charge is 0.117 e. The van der Waals surface area contributed by atoms with Crippen molar-refractivity contribution < 1.29 is 5.11 Å². The number of rotatable bonds is 3. The highest BCUT2D eigenvalue weighted by Gasteiger charge is 2.03. The van der Waals surface area contributed by atoms with Crippen molar-refractivity contribution in [2.75, 3.05) is 0 Å². The Labute approximate surface area is 98.1 Å². The molecule has 1 aromatic heterocycles. The van der Waals surface area contributed by atoms with Crippen LogP contribution in [0.5, 0.6) is 5.75 Å². The highest BCUT2D eigenvalue weighted by molar-refractivity contribution is 7.99. The molecule has 2 rings (SSSR count). The van der Waals surface area contributed by atoms with E-state index in [1.165, 1.54) is 15.0 Å². The van der Waals surface area contributed by atoms with Crippen LogP contribution in [0, 0.1) is 0 Å². The average Bonchev–Trinajstić information content (AvgIpc) is 2.56. The minimum atomic E-state index is 0.354. The van der Waals surface area contributed by atoms with Gasteiger partial charge in [-0.3, -0.25) is 0 Å². The molecule has 80 valence electrons. The molecule has 0 atom stereocenters. The number of hydrogen-bond donors (Lipinski definition) is 1. The van der Waals surface area contributed by atoms with Crippen LogP contribution in [0.4, 0.5) is 0 Å². The molecule has 0 saturated carbocycles. The molecule has 0 aliphatic rings. The number of hydrogen-bond acceptors (Lipinski definition) is 3. The lowest BCUT2D eigenvalue weighted by molar-refractivity contribution is 0.476. The van der Waals surface area contributed by atoms with Crippen molar-refractivity contribution >= 4 is 33.2 Å². The van der Waals surface area contributed by atoms with Gasteiger partial charge in [0.05, 0.1) is 0 Å². The summed E-state index contributed by atoms with van der Waals surface area (Å²) in [5.41, 5.74) is 0. The van der Waals surface area contributed by atoms with Crippen LogP contribution in [-0.2, 0) is 5.75 Å². The minimum absolute atomic E-state index is 0.354. The highest BCUT2D eigenvalue weighted by Crippen LogP contribution is 2.31. The van der Waals surface area contributed by atoms with Gasteiger partial charge in [0.15, 0.2) is 0 Å². The van der Waals surface area contributed by atoms with Crippen molar-refractivity contribution in [2.45, 2.75) is 24.9 Å². The van der Waals surface area contributed by atoms with Crippen molar-refractivity contribution in [1.82, 2.24) is 0 Å². The van der Waals surface area contributed by atoms with E-state index in [2.05, 4.69) is 19.9 Å². The topological polar surface area (TPSA) is 20.2 Å². The standard InChI is InChI=1S/C12H14OS2/c1-8(2)14-7-11-5-9-3-4-10(13)6-12(9)15-11/h3-6,8,13H,7H2,1-2H3. The van der Waals surface area contributed by atoms with E-state index in [4.69, 9.17) is 0 Å². The van der Waals surface area contributed by atoms with Crippen molar-refractivity contribution in [1.29, 1.82) is 0 Å². The third-order valence-electron chi connectivity index (χ3n) is 2.11. The number of aromatic hydroxyl groups is 1. The van der Waals surface area contributed by atoms with Crippen LogP contribution in [0.3, 0.4) is 0 Å². The Morgan fingerprint density at radius 1 is 1.33 bits per heavy atom. The second kappa shape index (κ2) is 4.45. The number of phenols is 1. The zero-order valence-corrected chi connectivity index (χ0v) is 10.5. The van der Waals surface area contributed by atoms with E-state index in [9.17, 15) is 5.11 Å². The molecule has 1 N–H and O–H groups in total. The van der Waals surface area contributed by atoms with E-state index in [0.717, 1.165) is 5.75 Å². The Kier molecular flexibility index (Phi) is 3.22. The lowest BCUT2D eigenvalue weighted by Crippen LogP contribution is -1.85. The average molecular weight is 238 g/mol. The van der Waals surface area contributed by atoms with Crippen molar-refractivity contribution in [3.63, 3.8) is 0 Å². The van der Waals surface area contributed by atoms with Gasteiger partial charge < -0.3 is 5.11 Å². The Morgan fingerprint density at radius 2 is 2.13 bits per heavy atom. The Hall–Kier alpha value is -0.670. The van der Waals surface area contributed by atoms with E-state index in [0.29, 0.717) is 11.0 Å². The SMILES string of the molecule is CC(C)SCc1cc2ccc(O)cc2s1. The Bertz CT molecular complexity index is 460. The van der Waals surface area contributed by atoms with E-state index in [-0.39, 0.29) is 0 Å². The maximum absolute atomic E-state index is 9.36. The van der Waals surface area contributed by atoms with E-state index < -0.39 is 0 Å². The molecule has 0 bridgehead atoms. The number of benzene rings is 1. The fourth-order valence-electron chi connectivity index (χ4n) is 1.39. The summed E-state index contributed by atoms with van der Waals surface area (Å²) in [5, 5.41) is 11.3. The van der Waals surface area contributed by atoms with Crippen LogP contribution >= 0.6 is 23.1 Å². The third-order valence-corrected chi connectivity index (χ3v) is 4.54. The maximum Gasteiger partial charge on any atom is 0.117 e. The normalized spacial score (nSPS) is 11.4. The molecule has 0 amide bonds. The number of thioether (sulfide) groups is 1. The van der Waals surface area contributed by atoms with Crippen LogP contribution in [0.25, 0.3) is 10.1 Å². The van der Waals surface area contributed by atoms with Gasteiger partial charge in [0.1, 0.15) is 5.75 Å². The first-order valence-electron chi connectivity index (χ1n) is 4.98. The Balaban J connectivity index is 2.23. The zero-order chi connectivity index (χ0) is 10.8. The summed E-state index contributed by atoms with van der Waals surface area (Å²) < 4.78 is 1.18. The molecule has 0 spiro atoms. The van der Waals surface area contributed by atoms with Gasteiger partial charge in [-0.25, -0.2) is 0 Å². The van der Waals surface area contributed by atoms with E-state index in [1.807, 2.05) is 23.9 Å². The molecule has 0 saturated heterocycles. The summed E-state index contributed by atoms with van der Waals surface area (Å²) in [4.78, 5) is 1.38. The van der Waals surface area contributed by atoms with Gasteiger partial charge >= 0.3 is 0 Å². The van der Waals surface area contributed by atoms with Gasteiger partial charge in [0.2, 0.25) is 0 Å². The molecule has 0 fully saturated rings. The van der Waals surface area contributed by atoms with Crippen LogP contribution in [0.1, 0.15) is 18.7 Å². The van der Waals surface area contributed by atoms with Crippen molar-refractivity contribution in [3.05, 3.63) is 29.1 Å². The first-order chi connectivity index (χ1) is 7.15. The lowest BCUT2D eigenvalue weighted by Gasteiger charge is -2.00. The van der Waals surface area contributed by atoms with Gasteiger partial charge in [0.25, 0.3) is 0 Å². The molecule has 2 aromatic rings. The minimum Gasteiger partial charge on any atom is -0.508 e. The van der Waals surface area contributed by atoms with Crippen LogP contribution < -0.4 is 0 Å². The number of thiophene rings is 1. The molecule has 0 radical (unpaired) electrons. The van der Waals surface area contributed by atoms with Gasteiger partial charge in [-0.1, -0.05) is 13.8 Å². The zero-order valence-electron chi connectivity index (χ0n) is 8.86. The first-order valence-corrected chi connectivity index (χ1v) is 6.85. The molecule has 15 heavy (non-hydrogen) atoms. The maximum atomic E-state index is 9.36. The summed E-state index contributed by atoms with van der Waals surface area (Å²) in [6, 6.07) is 7.78. The van der Waals surface area contributed by atoms with Crippen LogP contribution in [0.2, 0.25) is 0 Å². The van der Waals surface area contributed by atoms with Gasteiger partial charge in [-0.2, -0.15) is 11.8 Å². The molecule has 1 heterocycles. The van der Waals surface area contributed by atoms with Crippen LogP contribution in [0.15, 0.2) is 24.3 Å². The summed E-state index contributed by atoms with van der Waals surface area (Å²) >= 11 is 3.72. The van der Waals surface area contributed by atoms with Gasteiger partial charge in [-0.05, 0) is 34.9 Å². The summed E-state index contributed by atoms with van der Waals surface area (Å²) in [5.74, 6) is 1.42. The molecule has 3 heteroatoms. The fourth-order valence-corrected chi connectivity index (χ4v) is 3.31. The summed E-state index contributed by atoms with van der Waals surface area (Å²) in [7, 11) is 0. The Morgan fingerprint density at radius 3 is 2.87 bits per heavy atom. The quantitative estimate of drug-likeness (QED) is 0.862. The second-order valence-electron chi connectivity index (χ2n) is 3.79. The summed E-state index contributed by atoms with van der Waals surface area (Å²) in [6.07, 6.45) is 0. The second-order valence-corrected chi connectivity index (χ2v) is 6.53. The first kappa shape index (κ1) is 10.8.